The van der Waals surface area contributed by atoms with Crippen LogP contribution >= 0.6 is 0 Å². The Morgan fingerprint density at radius 1 is 1.15 bits per heavy atom. The van der Waals surface area contributed by atoms with Crippen molar-refractivity contribution in [2.45, 2.75) is 19.4 Å². The number of Topliss-reactive ketones (excluding diaryl/α,β-unsaturated/α-hetero) is 1. The molecule has 0 spiro atoms. The maximum atomic E-state index is 12.2. The number of fused-ring (bicyclic) bond motifs is 1. The number of rotatable bonds is 2. The summed E-state index contributed by atoms with van der Waals surface area (Å²) in [4.78, 5) is 12.2. The number of hydrogen-bond donors (Lipinski definition) is 0. The molecule has 0 saturated carbocycles. The van der Waals surface area contributed by atoms with Crippen LogP contribution in [0.5, 0.6) is 11.5 Å². The maximum absolute atomic E-state index is 12.2. The predicted molar refractivity (Wildman–Crippen MR) is 76.5 cm³/mol. The minimum atomic E-state index is -0.219. The van der Waals surface area contributed by atoms with E-state index in [9.17, 15) is 4.79 Å². The monoisotopic (exact) mass is 268 g/mol. The van der Waals surface area contributed by atoms with Crippen molar-refractivity contribution < 1.29 is 14.3 Å². The average Bonchev–Trinajstić information content (AvgIpc) is 2.48. The van der Waals surface area contributed by atoms with Crippen molar-refractivity contribution in [2.24, 2.45) is 0 Å². The molecule has 102 valence electrons. The Kier molecular flexibility index (Phi) is 3.18. The summed E-state index contributed by atoms with van der Waals surface area (Å²) in [5, 5.41) is 0. The molecule has 0 unspecified atom stereocenters. The Hall–Kier alpha value is -2.29. The van der Waals surface area contributed by atoms with Gasteiger partial charge in [-0.3, -0.25) is 4.79 Å². The summed E-state index contributed by atoms with van der Waals surface area (Å²) in [6.07, 6.45) is 0.159. The van der Waals surface area contributed by atoms with Crippen LogP contribution in [0.4, 0.5) is 0 Å². The Morgan fingerprint density at radius 3 is 2.60 bits per heavy atom. The van der Waals surface area contributed by atoms with Crippen LogP contribution in [-0.2, 0) is 0 Å². The molecule has 1 aliphatic heterocycles. The highest BCUT2D eigenvalue weighted by Gasteiger charge is 2.27. The van der Waals surface area contributed by atoms with E-state index in [0.29, 0.717) is 17.7 Å². The zero-order chi connectivity index (χ0) is 14.1. The number of carbonyl (C=O) groups excluding carboxylic acids is 1. The molecule has 1 aliphatic rings. The second kappa shape index (κ2) is 5.00. The molecule has 20 heavy (non-hydrogen) atoms. The van der Waals surface area contributed by atoms with Gasteiger partial charge in [-0.25, -0.2) is 0 Å². The van der Waals surface area contributed by atoms with Gasteiger partial charge in [0.1, 0.15) is 17.6 Å². The van der Waals surface area contributed by atoms with Crippen LogP contribution in [0.1, 0.15) is 34.0 Å². The Bertz CT molecular complexity index is 644. The molecule has 0 aliphatic carbocycles. The van der Waals surface area contributed by atoms with Gasteiger partial charge < -0.3 is 9.47 Å². The fourth-order valence-electron chi connectivity index (χ4n) is 2.44. The van der Waals surface area contributed by atoms with Crippen LogP contribution in [-0.4, -0.2) is 12.9 Å². The first-order valence-electron chi connectivity index (χ1n) is 6.62. The summed E-state index contributed by atoms with van der Waals surface area (Å²) in [5.41, 5.74) is 2.75. The molecular weight excluding hydrogens is 252 g/mol. The first-order valence-corrected chi connectivity index (χ1v) is 6.62. The van der Waals surface area contributed by atoms with E-state index in [4.69, 9.17) is 9.47 Å². The molecule has 1 heterocycles. The Morgan fingerprint density at radius 2 is 1.90 bits per heavy atom. The third kappa shape index (κ3) is 2.27. The van der Waals surface area contributed by atoms with E-state index in [1.54, 1.807) is 7.11 Å². The second-order valence-electron chi connectivity index (χ2n) is 5.01. The standard InChI is InChI=1S/C17H16O3/c1-11-3-8-16-14(9-11)15(18)10-17(20-16)12-4-6-13(19-2)7-5-12/h3-9,17H,10H2,1-2H3/t17-/m0/s1. The zero-order valence-electron chi connectivity index (χ0n) is 11.6. The highest BCUT2D eigenvalue weighted by atomic mass is 16.5. The highest BCUT2D eigenvalue weighted by molar-refractivity contribution is 6.00. The number of ketones is 1. The predicted octanol–water partition coefficient (Wildman–Crippen LogP) is 3.71. The molecule has 0 saturated heterocycles. The maximum Gasteiger partial charge on any atom is 0.170 e. The van der Waals surface area contributed by atoms with E-state index in [0.717, 1.165) is 16.9 Å². The molecule has 0 amide bonds. The fourth-order valence-corrected chi connectivity index (χ4v) is 2.44. The highest BCUT2D eigenvalue weighted by Crippen LogP contribution is 2.35. The van der Waals surface area contributed by atoms with Crippen molar-refractivity contribution in [2.75, 3.05) is 7.11 Å². The van der Waals surface area contributed by atoms with Crippen molar-refractivity contribution in [3.63, 3.8) is 0 Å². The minimum absolute atomic E-state index is 0.135. The number of aryl methyl sites for hydroxylation is 1. The zero-order valence-corrected chi connectivity index (χ0v) is 11.6. The summed E-state index contributed by atoms with van der Waals surface area (Å²) in [5.74, 6) is 1.61. The van der Waals surface area contributed by atoms with Crippen molar-refractivity contribution in [1.29, 1.82) is 0 Å². The fraction of sp³-hybridized carbons (Fsp3) is 0.235. The lowest BCUT2D eigenvalue weighted by Gasteiger charge is -2.25. The molecule has 3 heteroatoms. The number of hydrogen-bond acceptors (Lipinski definition) is 3. The van der Waals surface area contributed by atoms with E-state index in [1.807, 2.05) is 49.4 Å². The summed E-state index contributed by atoms with van der Waals surface area (Å²) < 4.78 is 11.1. The normalized spacial score (nSPS) is 17.3. The molecular formula is C17H16O3. The van der Waals surface area contributed by atoms with Gasteiger partial charge in [-0.05, 0) is 36.8 Å². The summed E-state index contributed by atoms with van der Waals surface area (Å²) in [6.45, 7) is 1.98. The molecule has 0 bridgehead atoms. The first kappa shape index (κ1) is 12.7. The Labute approximate surface area is 118 Å². The number of benzene rings is 2. The average molecular weight is 268 g/mol. The molecule has 0 fully saturated rings. The second-order valence-corrected chi connectivity index (χ2v) is 5.01. The van der Waals surface area contributed by atoms with Crippen molar-refractivity contribution >= 4 is 5.78 Å². The van der Waals surface area contributed by atoms with Gasteiger partial charge >= 0.3 is 0 Å². The minimum Gasteiger partial charge on any atom is -0.497 e. The lowest BCUT2D eigenvalue weighted by molar-refractivity contribution is 0.0850. The van der Waals surface area contributed by atoms with E-state index >= 15 is 0 Å². The van der Waals surface area contributed by atoms with Gasteiger partial charge in [-0.1, -0.05) is 23.8 Å². The Balaban J connectivity index is 1.90. The molecule has 3 nitrogen and oxygen atoms in total. The number of methoxy groups -OCH3 is 1. The summed E-state index contributed by atoms with van der Waals surface area (Å²) >= 11 is 0. The van der Waals surface area contributed by atoms with Crippen LogP contribution in [0.3, 0.4) is 0 Å². The molecule has 0 N–H and O–H groups in total. The van der Waals surface area contributed by atoms with Gasteiger partial charge in [0, 0.05) is 0 Å². The van der Waals surface area contributed by atoms with Crippen LogP contribution < -0.4 is 9.47 Å². The summed E-state index contributed by atoms with van der Waals surface area (Å²) in [6, 6.07) is 13.4. The van der Waals surface area contributed by atoms with Crippen LogP contribution in [0.2, 0.25) is 0 Å². The van der Waals surface area contributed by atoms with Crippen molar-refractivity contribution in [3.8, 4) is 11.5 Å². The van der Waals surface area contributed by atoms with Crippen molar-refractivity contribution in [1.82, 2.24) is 0 Å². The van der Waals surface area contributed by atoms with Gasteiger partial charge in [0.2, 0.25) is 0 Å². The molecule has 3 rings (SSSR count). The van der Waals surface area contributed by atoms with Gasteiger partial charge in [0.15, 0.2) is 5.78 Å². The van der Waals surface area contributed by atoms with Crippen LogP contribution in [0, 0.1) is 6.92 Å². The number of ether oxygens (including phenoxy) is 2. The van der Waals surface area contributed by atoms with E-state index in [2.05, 4.69) is 0 Å². The largest absolute Gasteiger partial charge is 0.497 e. The third-order valence-electron chi connectivity index (χ3n) is 3.56. The molecule has 0 aromatic heterocycles. The van der Waals surface area contributed by atoms with Gasteiger partial charge in [-0.2, -0.15) is 0 Å². The topological polar surface area (TPSA) is 35.5 Å². The van der Waals surface area contributed by atoms with Gasteiger partial charge in [0.05, 0.1) is 19.1 Å². The molecule has 0 radical (unpaired) electrons. The summed E-state index contributed by atoms with van der Waals surface area (Å²) in [7, 11) is 1.63. The van der Waals surface area contributed by atoms with E-state index < -0.39 is 0 Å². The van der Waals surface area contributed by atoms with Crippen molar-refractivity contribution in [3.05, 3.63) is 59.2 Å². The molecule has 2 aromatic rings. The molecule has 1 atom stereocenters. The van der Waals surface area contributed by atoms with E-state index in [1.165, 1.54) is 0 Å². The lowest BCUT2D eigenvalue weighted by Crippen LogP contribution is -2.20. The van der Waals surface area contributed by atoms with Crippen LogP contribution in [0.25, 0.3) is 0 Å². The number of carbonyl (C=O) groups is 1. The quantitative estimate of drug-likeness (QED) is 0.833. The first-order chi connectivity index (χ1) is 9.67. The van der Waals surface area contributed by atoms with Crippen LogP contribution in [0.15, 0.2) is 42.5 Å². The van der Waals surface area contributed by atoms with Gasteiger partial charge in [-0.15, -0.1) is 0 Å². The smallest absolute Gasteiger partial charge is 0.170 e. The third-order valence-corrected chi connectivity index (χ3v) is 3.56. The lowest BCUT2D eigenvalue weighted by atomic mass is 9.95. The molecule has 2 aromatic carbocycles. The SMILES string of the molecule is COc1ccc([C@@H]2CC(=O)c3cc(C)ccc3O2)cc1. The van der Waals surface area contributed by atoms with E-state index in [-0.39, 0.29) is 11.9 Å². The van der Waals surface area contributed by atoms with Gasteiger partial charge in [0.25, 0.3) is 0 Å².